The van der Waals surface area contributed by atoms with Gasteiger partial charge in [0.15, 0.2) is 16.6 Å². The van der Waals surface area contributed by atoms with E-state index in [9.17, 15) is 5.11 Å². The number of rotatable bonds is 7. The Morgan fingerprint density at radius 1 is 0.875 bits per heavy atom. The number of hydrogen-bond donors (Lipinski definition) is 1. The summed E-state index contributed by atoms with van der Waals surface area (Å²) in [4.78, 5) is 0. The molecular weight excluding hydrogens is 328 g/mol. The number of phenolic OH excluding ortho intramolecular Hbond substituents is 1. The van der Waals surface area contributed by atoms with Crippen LogP contribution in [0.2, 0.25) is 38.8 Å². The van der Waals surface area contributed by atoms with E-state index in [1.54, 1.807) is 0 Å². The largest absolute Gasteiger partial charge is 0.507 e. The Kier molecular flexibility index (Phi) is 6.07. The molecule has 0 bridgehead atoms. The summed E-state index contributed by atoms with van der Waals surface area (Å²) in [7, 11) is -3.08. The molecule has 1 N–H and O–H groups in total. The lowest BCUT2D eigenvalue weighted by molar-refractivity contribution is 0.469. The van der Waals surface area contributed by atoms with Gasteiger partial charge in [-0.3, -0.25) is 0 Å². The fourth-order valence-electron chi connectivity index (χ4n) is 3.23. The smallest absolute Gasteiger partial charge is 0.173 e. The first-order chi connectivity index (χ1) is 11.2. The van der Waals surface area contributed by atoms with Gasteiger partial charge in [0.05, 0.1) is 0 Å². The van der Waals surface area contributed by atoms with Crippen molar-refractivity contribution in [1.82, 2.24) is 0 Å². The first-order valence-corrected chi connectivity index (χ1v) is 15.3. The molecule has 0 amide bonds. The lowest BCUT2D eigenvalue weighted by Crippen LogP contribution is -2.42. The van der Waals surface area contributed by atoms with E-state index < -0.39 is 16.6 Å². The third kappa shape index (κ3) is 5.62. The molecule has 2 rings (SSSR count). The molecule has 4 heteroatoms. The molecule has 0 unspecified atom stereocenters. The van der Waals surface area contributed by atoms with Gasteiger partial charge in [-0.2, -0.15) is 0 Å². The third-order valence-electron chi connectivity index (χ3n) is 4.01. The van der Waals surface area contributed by atoms with Gasteiger partial charge in [-0.05, 0) is 62.7 Å². The van der Waals surface area contributed by atoms with Crippen molar-refractivity contribution in [2.75, 3.05) is 0 Å². The number of para-hydroxylation sites is 1. The molecular formula is C20H30O2Si2. The second kappa shape index (κ2) is 7.68. The van der Waals surface area contributed by atoms with Crippen LogP contribution < -0.4 is 0 Å². The molecule has 130 valence electrons. The standard InChI is InChI=1S/C20H30O2Si2/c1-23(2,3)22-24(4,5)16-10-14-18-13-9-15-19(20(18)21)17-11-7-6-8-12-17/h6-9,11-13,15,21H,10,14,16H2,1-5H3. The molecule has 0 aromatic heterocycles. The van der Waals surface area contributed by atoms with Crippen LogP contribution in [0.5, 0.6) is 5.75 Å². The van der Waals surface area contributed by atoms with Crippen molar-refractivity contribution in [1.29, 1.82) is 0 Å². The first-order valence-electron chi connectivity index (χ1n) is 8.74. The van der Waals surface area contributed by atoms with Crippen LogP contribution in [0.15, 0.2) is 48.5 Å². The zero-order chi connectivity index (χ0) is 17.8. The van der Waals surface area contributed by atoms with E-state index in [0.29, 0.717) is 5.75 Å². The number of hydrogen-bond acceptors (Lipinski definition) is 2. The zero-order valence-electron chi connectivity index (χ0n) is 15.6. The SMILES string of the molecule is C[Si](C)(C)O[Si](C)(C)CCCc1cccc(-c2ccccc2)c1O. The molecule has 0 atom stereocenters. The summed E-state index contributed by atoms with van der Waals surface area (Å²) in [6.07, 6.45) is 1.97. The molecule has 0 fully saturated rings. The van der Waals surface area contributed by atoms with Gasteiger partial charge in [0, 0.05) is 5.56 Å². The highest BCUT2D eigenvalue weighted by molar-refractivity contribution is 6.84. The third-order valence-corrected chi connectivity index (χ3v) is 10.2. The van der Waals surface area contributed by atoms with E-state index in [1.807, 2.05) is 48.5 Å². The molecule has 0 saturated heterocycles. The van der Waals surface area contributed by atoms with Gasteiger partial charge in [-0.15, -0.1) is 0 Å². The normalized spacial score (nSPS) is 12.4. The predicted octanol–water partition coefficient (Wildman–Crippen LogP) is 6.05. The van der Waals surface area contributed by atoms with Gasteiger partial charge in [0.1, 0.15) is 5.75 Å². The first kappa shape index (κ1) is 19.0. The van der Waals surface area contributed by atoms with Crippen LogP contribution in [0.25, 0.3) is 11.1 Å². The van der Waals surface area contributed by atoms with Crippen molar-refractivity contribution >= 4 is 16.6 Å². The van der Waals surface area contributed by atoms with Crippen LogP contribution in [0.1, 0.15) is 12.0 Å². The van der Waals surface area contributed by atoms with Crippen LogP contribution in [0.4, 0.5) is 0 Å². The van der Waals surface area contributed by atoms with Crippen molar-refractivity contribution in [2.45, 2.75) is 51.6 Å². The Morgan fingerprint density at radius 2 is 1.54 bits per heavy atom. The Bertz CT molecular complexity index is 661. The minimum atomic E-state index is -1.61. The molecule has 2 aromatic carbocycles. The van der Waals surface area contributed by atoms with Crippen LogP contribution >= 0.6 is 0 Å². The van der Waals surface area contributed by atoms with E-state index >= 15 is 0 Å². The summed E-state index contributed by atoms with van der Waals surface area (Å²) in [5.41, 5.74) is 3.02. The maximum absolute atomic E-state index is 10.6. The molecule has 0 aliphatic heterocycles. The van der Waals surface area contributed by atoms with Crippen LogP contribution in [0, 0.1) is 0 Å². The summed E-state index contributed by atoms with van der Waals surface area (Å²) >= 11 is 0. The highest BCUT2D eigenvalue weighted by atomic mass is 28.4. The maximum Gasteiger partial charge on any atom is 0.173 e. The second-order valence-corrected chi connectivity index (χ2v) is 17.1. The van der Waals surface area contributed by atoms with Gasteiger partial charge >= 0.3 is 0 Å². The van der Waals surface area contributed by atoms with Crippen LogP contribution in [-0.4, -0.2) is 21.7 Å². The molecule has 0 saturated carbocycles. The Labute approximate surface area is 148 Å². The van der Waals surface area contributed by atoms with Gasteiger partial charge in [-0.1, -0.05) is 48.5 Å². The number of benzene rings is 2. The fourth-order valence-corrected chi connectivity index (χ4v) is 11.3. The predicted molar refractivity (Wildman–Crippen MR) is 109 cm³/mol. The molecule has 0 spiro atoms. The summed E-state index contributed by atoms with van der Waals surface area (Å²) in [5.74, 6) is 0.425. The van der Waals surface area contributed by atoms with Crippen molar-refractivity contribution in [3.63, 3.8) is 0 Å². The molecule has 0 heterocycles. The molecule has 0 aliphatic carbocycles. The van der Waals surface area contributed by atoms with E-state index in [1.165, 1.54) is 0 Å². The van der Waals surface area contributed by atoms with E-state index in [2.05, 4.69) is 32.7 Å². The van der Waals surface area contributed by atoms with Gasteiger partial charge in [0.25, 0.3) is 0 Å². The van der Waals surface area contributed by atoms with Gasteiger partial charge in [-0.25, -0.2) is 0 Å². The van der Waals surface area contributed by atoms with Gasteiger partial charge in [0.2, 0.25) is 0 Å². The second-order valence-electron chi connectivity index (χ2n) is 8.01. The van der Waals surface area contributed by atoms with E-state index in [0.717, 1.165) is 35.6 Å². The minimum Gasteiger partial charge on any atom is -0.507 e. The van der Waals surface area contributed by atoms with Crippen molar-refractivity contribution < 1.29 is 9.22 Å². The summed E-state index contributed by atoms with van der Waals surface area (Å²) in [6.45, 7) is 11.4. The van der Waals surface area contributed by atoms with Gasteiger partial charge < -0.3 is 9.22 Å². The number of aryl methyl sites for hydroxylation is 1. The monoisotopic (exact) mass is 358 g/mol. The maximum atomic E-state index is 10.6. The van der Waals surface area contributed by atoms with Crippen LogP contribution in [0.3, 0.4) is 0 Å². The topological polar surface area (TPSA) is 29.5 Å². The molecule has 2 nitrogen and oxygen atoms in total. The molecule has 0 radical (unpaired) electrons. The Morgan fingerprint density at radius 3 is 2.17 bits per heavy atom. The van der Waals surface area contributed by atoms with E-state index in [-0.39, 0.29) is 0 Å². The molecule has 2 aromatic rings. The number of aromatic hydroxyl groups is 1. The Balaban J connectivity index is 2.04. The lowest BCUT2D eigenvalue weighted by Gasteiger charge is -2.31. The molecule has 0 aliphatic rings. The quantitative estimate of drug-likeness (QED) is 0.611. The molecule has 24 heavy (non-hydrogen) atoms. The zero-order valence-corrected chi connectivity index (χ0v) is 17.6. The fraction of sp³-hybridized carbons (Fsp3) is 0.400. The average molecular weight is 359 g/mol. The highest BCUT2D eigenvalue weighted by Gasteiger charge is 2.29. The highest BCUT2D eigenvalue weighted by Crippen LogP contribution is 2.33. The van der Waals surface area contributed by atoms with Crippen molar-refractivity contribution in [3.8, 4) is 16.9 Å². The lowest BCUT2D eigenvalue weighted by atomic mass is 9.99. The van der Waals surface area contributed by atoms with E-state index in [4.69, 9.17) is 4.12 Å². The van der Waals surface area contributed by atoms with Crippen molar-refractivity contribution in [3.05, 3.63) is 54.1 Å². The summed E-state index contributed by atoms with van der Waals surface area (Å²) in [5, 5.41) is 10.6. The Hall–Kier alpha value is -1.37. The number of phenols is 1. The minimum absolute atomic E-state index is 0.425. The summed E-state index contributed by atoms with van der Waals surface area (Å²) < 4.78 is 6.40. The summed E-state index contributed by atoms with van der Waals surface area (Å²) in [6, 6.07) is 17.3. The van der Waals surface area contributed by atoms with Crippen molar-refractivity contribution in [2.24, 2.45) is 0 Å². The van der Waals surface area contributed by atoms with Crippen LogP contribution in [-0.2, 0) is 10.5 Å². The average Bonchev–Trinajstić information content (AvgIpc) is 2.47.